The van der Waals surface area contributed by atoms with Crippen molar-refractivity contribution >= 4 is 12.1 Å². The number of carbonyl (C=O) groups is 2. The number of ether oxygens (including phenoxy) is 2. The van der Waals surface area contributed by atoms with Crippen molar-refractivity contribution in [2.45, 2.75) is 25.3 Å². The Morgan fingerprint density at radius 1 is 1.20 bits per heavy atom. The third-order valence-electron chi connectivity index (χ3n) is 3.10. The summed E-state index contributed by atoms with van der Waals surface area (Å²) in [6.45, 7) is 0.631. The average molecular weight is 216 g/mol. The van der Waals surface area contributed by atoms with Gasteiger partial charge < -0.3 is 9.47 Å². The largest absolute Gasteiger partial charge is 0.516 e. The van der Waals surface area contributed by atoms with E-state index in [0.717, 1.165) is 12.8 Å². The van der Waals surface area contributed by atoms with Gasteiger partial charge in [-0.15, -0.1) is 0 Å². The van der Waals surface area contributed by atoms with Crippen LogP contribution in [-0.4, -0.2) is 50.4 Å². The van der Waals surface area contributed by atoms with Gasteiger partial charge in [-0.05, 0) is 12.8 Å². The van der Waals surface area contributed by atoms with Crippen LogP contribution in [0.1, 0.15) is 19.3 Å². The van der Waals surface area contributed by atoms with Gasteiger partial charge in [0.25, 0.3) is 0 Å². The number of piperidine rings is 1. The SMILES string of the molecule is COC(=O)C1CCCC[N+]1(C)C(=O)OC. The van der Waals surface area contributed by atoms with E-state index < -0.39 is 6.04 Å². The molecule has 0 radical (unpaired) electrons. The normalized spacial score (nSPS) is 30.7. The number of methoxy groups -OCH3 is 2. The van der Waals surface area contributed by atoms with Gasteiger partial charge in [-0.3, -0.25) is 0 Å². The molecule has 0 N–H and O–H groups in total. The summed E-state index contributed by atoms with van der Waals surface area (Å²) >= 11 is 0. The van der Waals surface area contributed by atoms with Crippen LogP contribution >= 0.6 is 0 Å². The van der Waals surface area contributed by atoms with Crippen molar-refractivity contribution in [3.05, 3.63) is 0 Å². The maximum absolute atomic E-state index is 11.7. The number of likely N-dealkylation sites (N-methyl/N-ethyl adjacent to an activating group) is 1. The predicted octanol–water partition coefficient (Wildman–Crippen LogP) is 0.925. The number of hydrogen-bond acceptors (Lipinski definition) is 4. The van der Waals surface area contributed by atoms with E-state index in [1.807, 2.05) is 0 Å². The first-order chi connectivity index (χ1) is 7.06. The minimum absolute atomic E-state index is 0.00315. The Hall–Kier alpha value is -1.10. The molecule has 1 rings (SSSR count). The number of nitrogens with zero attached hydrogens (tertiary/aromatic N) is 1. The molecule has 1 fully saturated rings. The van der Waals surface area contributed by atoms with E-state index in [9.17, 15) is 9.59 Å². The molecule has 86 valence electrons. The number of amides is 1. The lowest BCUT2D eigenvalue weighted by molar-refractivity contribution is -0.860. The first-order valence-electron chi connectivity index (χ1n) is 5.08. The third-order valence-corrected chi connectivity index (χ3v) is 3.10. The molecule has 2 unspecified atom stereocenters. The predicted molar refractivity (Wildman–Crippen MR) is 53.1 cm³/mol. The van der Waals surface area contributed by atoms with Crippen LogP contribution in [0.3, 0.4) is 0 Å². The Bertz CT molecular complexity index is 266. The molecule has 5 nitrogen and oxygen atoms in total. The molecule has 1 heterocycles. The van der Waals surface area contributed by atoms with Crippen LogP contribution in [0.2, 0.25) is 0 Å². The molecular formula is C10H18NO4+. The van der Waals surface area contributed by atoms with Gasteiger partial charge in [-0.2, -0.15) is 4.79 Å². The molecule has 0 saturated carbocycles. The lowest BCUT2D eigenvalue weighted by Gasteiger charge is -2.38. The molecule has 1 amide bonds. The Labute approximate surface area is 89.5 Å². The molecule has 0 spiro atoms. The highest BCUT2D eigenvalue weighted by Gasteiger charge is 2.48. The van der Waals surface area contributed by atoms with Crippen molar-refractivity contribution in [1.82, 2.24) is 0 Å². The van der Waals surface area contributed by atoms with E-state index in [4.69, 9.17) is 9.47 Å². The molecule has 0 aromatic heterocycles. The Kier molecular flexibility index (Phi) is 3.68. The summed E-state index contributed by atoms with van der Waals surface area (Å²) in [7, 11) is 4.42. The zero-order valence-corrected chi connectivity index (χ0v) is 9.49. The number of quaternary nitrogens is 1. The van der Waals surface area contributed by atoms with Gasteiger partial charge in [0.1, 0.15) is 0 Å². The van der Waals surface area contributed by atoms with Gasteiger partial charge in [-0.25, -0.2) is 9.28 Å². The van der Waals surface area contributed by atoms with Gasteiger partial charge in [0.15, 0.2) is 6.04 Å². The zero-order chi connectivity index (χ0) is 11.5. The van der Waals surface area contributed by atoms with Crippen LogP contribution in [0.15, 0.2) is 0 Å². The fourth-order valence-corrected chi connectivity index (χ4v) is 2.13. The van der Waals surface area contributed by atoms with Crippen LogP contribution in [0.25, 0.3) is 0 Å². The zero-order valence-electron chi connectivity index (χ0n) is 9.49. The average Bonchev–Trinajstić information content (AvgIpc) is 2.27. The van der Waals surface area contributed by atoms with Gasteiger partial charge in [0.2, 0.25) is 0 Å². The molecule has 15 heavy (non-hydrogen) atoms. The molecule has 1 saturated heterocycles. The number of esters is 1. The monoisotopic (exact) mass is 216 g/mol. The lowest BCUT2D eigenvalue weighted by Crippen LogP contribution is -2.61. The van der Waals surface area contributed by atoms with E-state index in [-0.39, 0.29) is 16.5 Å². The van der Waals surface area contributed by atoms with Crippen molar-refractivity contribution in [2.24, 2.45) is 0 Å². The molecule has 1 aliphatic heterocycles. The van der Waals surface area contributed by atoms with Crippen molar-refractivity contribution in [2.75, 3.05) is 27.8 Å². The van der Waals surface area contributed by atoms with Crippen LogP contribution in [0.5, 0.6) is 0 Å². The van der Waals surface area contributed by atoms with Gasteiger partial charge >= 0.3 is 12.1 Å². The summed E-state index contributed by atoms with van der Waals surface area (Å²) in [5, 5.41) is 0. The second-order valence-corrected chi connectivity index (χ2v) is 4.00. The van der Waals surface area contributed by atoms with E-state index in [1.165, 1.54) is 14.2 Å². The molecule has 0 aromatic rings. The standard InChI is InChI=1S/C10H18NO4/c1-11(10(13)15-3)7-5-4-6-8(11)9(12)14-2/h8H,4-7H2,1-3H3/q+1. The van der Waals surface area contributed by atoms with Gasteiger partial charge in [0, 0.05) is 6.42 Å². The lowest BCUT2D eigenvalue weighted by atomic mass is 10.00. The topological polar surface area (TPSA) is 52.6 Å². The Morgan fingerprint density at radius 3 is 2.40 bits per heavy atom. The number of carbonyl (C=O) groups excluding carboxylic acids is 2. The maximum Gasteiger partial charge on any atom is 0.516 e. The second-order valence-electron chi connectivity index (χ2n) is 4.00. The number of hydrogen-bond donors (Lipinski definition) is 0. The van der Waals surface area contributed by atoms with Crippen molar-refractivity contribution in [1.29, 1.82) is 0 Å². The number of rotatable bonds is 1. The minimum Gasteiger partial charge on any atom is -0.465 e. The molecular weight excluding hydrogens is 198 g/mol. The summed E-state index contributed by atoms with van der Waals surface area (Å²) in [5.41, 5.74) is 0. The van der Waals surface area contributed by atoms with Crippen molar-refractivity contribution in [3.63, 3.8) is 0 Å². The summed E-state index contributed by atoms with van der Waals surface area (Å²) in [6, 6.07) is -0.420. The summed E-state index contributed by atoms with van der Waals surface area (Å²) < 4.78 is 9.46. The highest BCUT2D eigenvalue weighted by atomic mass is 16.6. The molecule has 0 aliphatic carbocycles. The van der Waals surface area contributed by atoms with Crippen LogP contribution in [0, 0.1) is 0 Å². The summed E-state index contributed by atoms with van der Waals surface area (Å²) in [4.78, 5) is 23.2. The Balaban J connectivity index is 2.90. The van der Waals surface area contributed by atoms with Crippen LogP contribution in [0.4, 0.5) is 4.79 Å². The van der Waals surface area contributed by atoms with Gasteiger partial charge in [0.05, 0.1) is 27.8 Å². The van der Waals surface area contributed by atoms with E-state index >= 15 is 0 Å². The maximum atomic E-state index is 11.7. The molecule has 0 aromatic carbocycles. The minimum atomic E-state index is -0.420. The highest BCUT2D eigenvalue weighted by Crippen LogP contribution is 2.25. The molecule has 0 bridgehead atoms. The first-order valence-corrected chi connectivity index (χ1v) is 5.08. The smallest absolute Gasteiger partial charge is 0.465 e. The van der Waals surface area contributed by atoms with E-state index in [2.05, 4.69) is 0 Å². The molecule has 2 atom stereocenters. The first kappa shape index (κ1) is 12.0. The van der Waals surface area contributed by atoms with Crippen molar-refractivity contribution in [3.8, 4) is 0 Å². The van der Waals surface area contributed by atoms with E-state index in [1.54, 1.807) is 7.05 Å². The summed E-state index contributed by atoms with van der Waals surface area (Å²) in [6.07, 6.45) is 2.19. The fraction of sp³-hybridized carbons (Fsp3) is 0.800. The van der Waals surface area contributed by atoms with E-state index in [0.29, 0.717) is 13.0 Å². The molecule has 5 heteroatoms. The Morgan fingerprint density at radius 2 is 1.87 bits per heavy atom. The third kappa shape index (κ3) is 2.12. The number of likely N-dealkylation sites (tertiary alicyclic amines) is 1. The van der Waals surface area contributed by atoms with Crippen molar-refractivity contribution < 1.29 is 23.5 Å². The quantitative estimate of drug-likeness (QED) is 0.483. The fourth-order valence-electron chi connectivity index (χ4n) is 2.13. The van der Waals surface area contributed by atoms with Crippen LogP contribution < -0.4 is 0 Å². The highest BCUT2D eigenvalue weighted by molar-refractivity contribution is 5.77. The van der Waals surface area contributed by atoms with Crippen LogP contribution in [-0.2, 0) is 14.3 Å². The second kappa shape index (κ2) is 4.61. The molecule has 1 aliphatic rings. The van der Waals surface area contributed by atoms with Gasteiger partial charge in [-0.1, -0.05) is 0 Å². The summed E-state index contributed by atoms with van der Waals surface area (Å²) in [5.74, 6) is -0.331.